The molecule has 1 aromatic heterocycles. The van der Waals surface area contributed by atoms with Crippen LogP contribution in [-0.4, -0.2) is 43.1 Å². The van der Waals surface area contributed by atoms with E-state index in [0.29, 0.717) is 22.8 Å². The highest BCUT2D eigenvalue weighted by molar-refractivity contribution is 6.34. The standard InChI is InChI=1S/C20H18ClN3O4/c1-24(2)20(26)15-8-7-13(10-16(15)21)22-19(25)17-11-18(28-23-17)12-5-4-6-14(9-12)27-3/h4-11H,1-3H3,(H,22,25). The molecule has 0 saturated heterocycles. The van der Waals surface area contributed by atoms with Crippen molar-refractivity contribution < 1.29 is 18.8 Å². The zero-order chi connectivity index (χ0) is 20.3. The maximum Gasteiger partial charge on any atom is 0.277 e. The van der Waals surface area contributed by atoms with E-state index in [1.165, 1.54) is 17.0 Å². The number of amides is 2. The van der Waals surface area contributed by atoms with Gasteiger partial charge in [-0.05, 0) is 30.3 Å². The first-order valence-electron chi connectivity index (χ1n) is 8.32. The molecule has 144 valence electrons. The molecule has 3 rings (SSSR count). The first-order valence-corrected chi connectivity index (χ1v) is 8.70. The average Bonchev–Trinajstić information content (AvgIpc) is 3.18. The Morgan fingerprint density at radius 2 is 1.93 bits per heavy atom. The summed E-state index contributed by atoms with van der Waals surface area (Å²) < 4.78 is 10.4. The fourth-order valence-electron chi connectivity index (χ4n) is 2.50. The summed E-state index contributed by atoms with van der Waals surface area (Å²) in [7, 11) is 4.85. The number of anilines is 1. The van der Waals surface area contributed by atoms with E-state index in [1.54, 1.807) is 39.4 Å². The Kier molecular flexibility index (Phi) is 5.65. The molecule has 0 aliphatic heterocycles. The van der Waals surface area contributed by atoms with Crippen molar-refractivity contribution in [1.82, 2.24) is 10.1 Å². The SMILES string of the molecule is COc1cccc(-c2cc(C(=O)Nc3ccc(C(=O)N(C)C)c(Cl)c3)no2)c1. The first-order chi connectivity index (χ1) is 13.4. The van der Waals surface area contributed by atoms with Crippen molar-refractivity contribution in [3.63, 3.8) is 0 Å². The highest BCUT2D eigenvalue weighted by Gasteiger charge is 2.17. The zero-order valence-corrected chi connectivity index (χ0v) is 16.3. The summed E-state index contributed by atoms with van der Waals surface area (Å²) in [5.41, 5.74) is 1.64. The van der Waals surface area contributed by atoms with Crippen LogP contribution in [0.3, 0.4) is 0 Å². The molecule has 0 aliphatic rings. The second-order valence-corrected chi connectivity index (χ2v) is 6.56. The largest absolute Gasteiger partial charge is 0.497 e. The topological polar surface area (TPSA) is 84.7 Å². The fourth-order valence-corrected chi connectivity index (χ4v) is 2.76. The van der Waals surface area contributed by atoms with Crippen molar-refractivity contribution in [2.24, 2.45) is 0 Å². The average molecular weight is 400 g/mol. The molecule has 1 N–H and O–H groups in total. The van der Waals surface area contributed by atoms with Crippen molar-refractivity contribution >= 4 is 29.1 Å². The maximum absolute atomic E-state index is 12.4. The Balaban J connectivity index is 1.76. The van der Waals surface area contributed by atoms with Gasteiger partial charge in [-0.25, -0.2) is 0 Å². The fraction of sp³-hybridized carbons (Fsp3) is 0.150. The van der Waals surface area contributed by atoms with Crippen LogP contribution in [-0.2, 0) is 0 Å². The van der Waals surface area contributed by atoms with Crippen LogP contribution in [0.5, 0.6) is 5.75 Å². The lowest BCUT2D eigenvalue weighted by atomic mass is 10.1. The van der Waals surface area contributed by atoms with E-state index >= 15 is 0 Å². The highest BCUT2D eigenvalue weighted by atomic mass is 35.5. The number of nitrogens with one attached hydrogen (secondary N) is 1. The van der Waals surface area contributed by atoms with E-state index in [-0.39, 0.29) is 16.6 Å². The van der Waals surface area contributed by atoms with Gasteiger partial charge in [0.05, 0.1) is 17.7 Å². The minimum absolute atomic E-state index is 0.113. The lowest BCUT2D eigenvalue weighted by Crippen LogP contribution is -2.22. The van der Waals surface area contributed by atoms with Gasteiger partial charge in [-0.3, -0.25) is 9.59 Å². The highest BCUT2D eigenvalue weighted by Crippen LogP contribution is 2.26. The van der Waals surface area contributed by atoms with Gasteiger partial charge in [0.25, 0.3) is 11.8 Å². The molecule has 0 fully saturated rings. The maximum atomic E-state index is 12.4. The van der Waals surface area contributed by atoms with E-state index in [9.17, 15) is 9.59 Å². The number of carbonyl (C=O) groups is 2. The molecule has 7 nitrogen and oxygen atoms in total. The number of methoxy groups -OCH3 is 1. The number of rotatable bonds is 5. The number of carbonyl (C=O) groups excluding carboxylic acids is 2. The van der Waals surface area contributed by atoms with Gasteiger partial charge in [-0.15, -0.1) is 0 Å². The molecule has 0 atom stereocenters. The van der Waals surface area contributed by atoms with Crippen LogP contribution >= 0.6 is 11.6 Å². The number of hydrogen-bond acceptors (Lipinski definition) is 5. The summed E-state index contributed by atoms with van der Waals surface area (Å²) in [6.07, 6.45) is 0. The number of hydrogen-bond donors (Lipinski definition) is 1. The van der Waals surface area contributed by atoms with Crippen LogP contribution in [0, 0.1) is 0 Å². The van der Waals surface area contributed by atoms with Crippen LogP contribution < -0.4 is 10.1 Å². The minimum atomic E-state index is -0.458. The minimum Gasteiger partial charge on any atom is -0.497 e. The molecule has 0 bridgehead atoms. The Labute approximate surface area is 166 Å². The molecule has 0 radical (unpaired) electrons. The summed E-state index contributed by atoms with van der Waals surface area (Å²) in [6.45, 7) is 0. The van der Waals surface area contributed by atoms with Crippen LogP contribution in [0.2, 0.25) is 5.02 Å². The zero-order valence-electron chi connectivity index (χ0n) is 15.5. The smallest absolute Gasteiger partial charge is 0.277 e. The van der Waals surface area contributed by atoms with E-state index < -0.39 is 5.91 Å². The van der Waals surface area contributed by atoms with Gasteiger partial charge in [0.15, 0.2) is 11.5 Å². The van der Waals surface area contributed by atoms with Gasteiger partial charge in [-0.2, -0.15) is 0 Å². The van der Waals surface area contributed by atoms with Crippen molar-refractivity contribution in [3.8, 4) is 17.1 Å². The summed E-state index contributed by atoms with van der Waals surface area (Å²) in [4.78, 5) is 25.9. The molecule has 28 heavy (non-hydrogen) atoms. The Morgan fingerprint density at radius 3 is 2.61 bits per heavy atom. The summed E-state index contributed by atoms with van der Waals surface area (Å²) >= 11 is 6.17. The number of ether oxygens (including phenoxy) is 1. The quantitative estimate of drug-likeness (QED) is 0.702. The van der Waals surface area contributed by atoms with Gasteiger partial charge in [0.2, 0.25) is 0 Å². The lowest BCUT2D eigenvalue weighted by Gasteiger charge is -2.12. The van der Waals surface area contributed by atoms with Gasteiger partial charge in [0, 0.05) is 31.4 Å². The van der Waals surface area contributed by atoms with Crippen molar-refractivity contribution in [3.05, 3.63) is 64.8 Å². The Bertz CT molecular complexity index is 1030. The Hall–Kier alpha value is -3.32. The van der Waals surface area contributed by atoms with Gasteiger partial charge >= 0.3 is 0 Å². The van der Waals surface area contributed by atoms with E-state index in [1.807, 2.05) is 18.2 Å². The molecule has 3 aromatic rings. The molecule has 0 spiro atoms. The summed E-state index contributed by atoms with van der Waals surface area (Å²) in [5, 5.41) is 6.74. The lowest BCUT2D eigenvalue weighted by molar-refractivity contribution is 0.0827. The van der Waals surface area contributed by atoms with Crippen LogP contribution in [0.1, 0.15) is 20.8 Å². The molecule has 2 amide bonds. The van der Waals surface area contributed by atoms with Crippen LogP contribution in [0.4, 0.5) is 5.69 Å². The molecule has 0 saturated carbocycles. The first kappa shape index (κ1) is 19.4. The molecule has 8 heteroatoms. The van der Waals surface area contributed by atoms with Crippen molar-refractivity contribution in [2.75, 3.05) is 26.5 Å². The second-order valence-electron chi connectivity index (χ2n) is 6.16. The van der Waals surface area contributed by atoms with Gasteiger partial charge < -0.3 is 19.5 Å². The molecular formula is C20H18ClN3O4. The number of aromatic nitrogens is 1. The van der Waals surface area contributed by atoms with Gasteiger partial charge in [-0.1, -0.05) is 28.9 Å². The van der Waals surface area contributed by atoms with E-state index in [2.05, 4.69) is 10.5 Å². The van der Waals surface area contributed by atoms with Gasteiger partial charge in [0.1, 0.15) is 5.75 Å². The number of nitrogens with zero attached hydrogens (tertiary/aromatic N) is 2. The third kappa shape index (κ3) is 4.15. The monoisotopic (exact) mass is 399 g/mol. The van der Waals surface area contributed by atoms with Crippen LogP contribution in [0.15, 0.2) is 53.1 Å². The molecule has 0 aliphatic carbocycles. The van der Waals surface area contributed by atoms with Crippen molar-refractivity contribution in [1.29, 1.82) is 0 Å². The number of benzene rings is 2. The normalized spacial score (nSPS) is 10.4. The van der Waals surface area contributed by atoms with E-state index in [4.69, 9.17) is 20.9 Å². The molecule has 1 heterocycles. The Morgan fingerprint density at radius 1 is 1.14 bits per heavy atom. The summed E-state index contributed by atoms with van der Waals surface area (Å²) in [5.74, 6) is 0.430. The molecule has 2 aromatic carbocycles. The number of halogens is 1. The summed E-state index contributed by atoms with van der Waals surface area (Å²) in [6, 6.07) is 13.4. The predicted octanol–water partition coefficient (Wildman–Crippen LogP) is 3.96. The van der Waals surface area contributed by atoms with Crippen molar-refractivity contribution in [2.45, 2.75) is 0 Å². The van der Waals surface area contributed by atoms with E-state index in [0.717, 1.165) is 5.56 Å². The van der Waals surface area contributed by atoms with Crippen LogP contribution in [0.25, 0.3) is 11.3 Å². The molecule has 0 unspecified atom stereocenters. The second kappa shape index (κ2) is 8.14. The third-order valence-electron chi connectivity index (χ3n) is 3.96. The predicted molar refractivity (Wildman–Crippen MR) is 106 cm³/mol. The molecular weight excluding hydrogens is 382 g/mol. The third-order valence-corrected chi connectivity index (χ3v) is 4.27.